The fourth-order valence-electron chi connectivity index (χ4n) is 2.13. The highest BCUT2D eigenvalue weighted by atomic mass is 16.5. The molecule has 2 atom stereocenters. The van der Waals surface area contributed by atoms with Gasteiger partial charge in [0.25, 0.3) is 0 Å². The molecular formula is C11H23NO2. The Kier molecular flexibility index (Phi) is 4.85. The summed E-state index contributed by atoms with van der Waals surface area (Å²) in [7, 11) is 1.71. The van der Waals surface area contributed by atoms with Crippen LogP contribution in [0.15, 0.2) is 0 Å². The maximum atomic E-state index is 10.5. The van der Waals surface area contributed by atoms with Crippen LogP contribution >= 0.6 is 0 Å². The molecule has 0 amide bonds. The van der Waals surface area contributed by atoms with Crippen LogP contribution in [0.3, 0.4) is 0 Å². The van der Waals surface area contributed by atoms with E-state index in [1.807, 2.05) is 0 Å². The number of ether oxygens (including phenoxy) is 1. The molecular weight excluding hydrogens is 178 g/mol. The third kappa shape index (κ3) is 3.23. The van der Waals surface area contributed by atoms with Crippen LogP contribution in [0, 0.1) is 5.92 Å². The van der Waals surface area contributed by atoms with Crippen LogP contribution in [-0.2, 0) is 4.74 Å². The Bertz CT molecular complexity index is 153. The SMILES string of the molecule is COCCC(C)C1(O)CCCNCC1. The first-order valence-electron chi connectivity index (χ1n) is 5.61. The molecule has 3 nitrogen and oxygen atoms in total. The maximum Gasteiger partial charge on any atom is 0.0686 e. The van der Waals surface area contributed by atoms with Crippen LogP contribution in [0.1, 0.15) is 32.6 Å². The molecule has 14 heavy (non-hydrogen) atoms. The number of hydrogen-bond acceptors (Lipinski definition) is 3. The molecule has 2 N–H and O–H groups in total. The molecule has 0 aromatic carbocycles. The molecule has 1 rings (SSSR count). The van der Waals surface area contributed by atoms with Crippen LogP contribution < -0.4 is 5.32 Å². The zero-order chi connectivity index (χ0) is 10.4. The second-order valence-electron chi connectivity index (χ2n) is 4.39. The minimum Gasteiger partial charge on any atom is -0.390 e. The second kappa shape index (κ2) is 5.69. The van der Waals surface area contributed by atoms with Crippen LogP contribution in [0.2, 0.25) is 0 Å². The summed E-state index contributed by atoms with van der Waals surface area (Å²) < 4.78 is 5.05. The lowest BCUT2D eigenvalue weighted by molar-refractivity contribution is -0.0323. The van der Waals surface area contributed by atoms with Crippen LogP contribution in [0.5, 0.6) is 0 Å². The fraction of sp³-hybridized carbons (Fsp3) is 1.00. The monoisotopic (exact) mass is 201 g/mol. The van der Waals surface area contributed by atoms with E-state index in [2.05, 4.69) is 12.2 Å². The topological polar surface area (TPSA) is 41.5 Å². The summed E-state index contributed by atoms with van der Waals surface area (Å²) in [6.45, 7) is 4.86. The Morgan fingerprint density at radius 3 is 2.93 bits per heavy atom. The van der Waals surface area contributed by atoms with Gasteiger partial charge in [-0.1, -0.05) is 6.92 Å². The first-order chi connectivity index (χ1) is 6.69. The Hall–Kier alpha value is -0.120. The number of rotatable bonds is 4. The number of methoxy groups -OCH3 is 1. The summed E-state index contributed by atoms with van der Waals surface area (Å²) in [6, 6.07) is 0. The van der Waals surface area contributed by atoms with Crippen molar-refractivity contribution in [3.05, 3.63) is 0 Å². The molecule has 0 spiro atoms. The third-order valence-electron chi connectivity index (χ3n) is 3.37. The summed E-state index contributed by atoms with van der Waals surface area (Å²) in [5.41, 5.74) is -0.470. The van der Waals surface area contributed by atoms with Gasteiger partial charge >= 0.3 is 0 Å². The normalized spacial score (nSPS) is 31.1. The highest BCUT2D eigenvalue weighted by molar-refractivity contribution is 4.86. The lowest BCUT2D eigenvalue weighted by Gasteiger charge is -2.33. The van der Waals surface area contributed by atoms with Crippen LogP contribution in [-0.4, -0.2) is 37.5 Å². The van der Waals surface area contributed by atoms with Crippen molar-refractivity contribution in [2.45, 2.75) is 38.2 Å². The van der Waals surface area contributed by atoms with E-state index in [4.69, 9.17) is 4.74 Å². The Labute approximate surface area is 86.8 Å². The summed E-state index contributed by atoms with van der Waals surface area (Å²) in [6.07, 6.45) is 3.82. The van der Waals surface area contributed by atoms with Crippen LogP contribution in [0.4, 0.5) is 0 Å². The third-order valence-corrected chi connectivity index (χ3v) is 3.37. The average molecular weight is 201 g/mol. The number of hydrogen-bond donors (Lipinski definition) is 2. The first kappa shape index (κ1) is 12.0. The fourth-order valence-corrected chi connectivity index (χ4v) is 2.13. The zero-order valence-electron chi connectivity index (χ0n) is 9.38. The van der Waals surface area contributed by atoms with Gasteiger partial charge < -0.3 is 15.2 Å². The van der Waals surface area contributed by atoms with Crippen molar-refractivity contribution in [2.24, 2.45) is 5.92 Å². The molecule has 1 saturated heterocycles. The molecule has 0 radical (unpaired) electrons. The predicted octanol–water partition coefficient (Wildman–Crippen LogP) is 1.16. The highest BCUT2D eigenvalue weighted by Crippen LogP contribution is 2.30. The molecule has 84 valence electrons. The van der Waals surface area contributed by atoms with E-state index in [1.165, 1.54) is 0 Å². The Balaban J connectivity index is 2.43. The van der Waals surface area contributed by atoms with E-state index in [1.54, 1.807) is 7.11 Å². The van der Waals surface area contributed by atoms with Gasteiger partial charge in [0.05, 0.1) is 5.60 Å². The van der Waals surface area contributed by atoms with Gasteiger partial charge in [-0.2, -0.15) is 0 Å². The average Bonchev–Trinajstić information content (AvgIpc) is 2.40. The standard InChI is InChI=1S/C11H23NO2/c1-10(4-9-14-2)11(13)5-3-7-12-8-6-11/h10,12-13H,3-9H2,1-2H3. The second-order valence-corrected chi connectivity index (χ2v) is 4.39. The summed E-state index contributed by atoms with van der Waals surface area (Å²) in [5, 5.41) is 13.8. The Morgan fingerprint density at radius 2 is 2.21 bits per heavy atom. The van der Waals surface area contributed by atoms with Gasteiger partial charge in [-0.15, -0.1) is 0 Å². The lowest BCUT2D eigenvalue weighted by Crippen LogP contribution is -2.37. The molecule has 0 bridgehead atoms. The van der Waals surface area contributed by atoms with Crippen molar-refractivity contribution >= 4 is 0 Å². The van der Waals surface area contributed by atoms with Gasteiger partial charge in [0.15, 0.2) is 0 Å². The zero-order valence-corrected chi connectivity index (χ0v) is 9.38. The van der Waals surface area contributed by atoms with Gasteiger partial charge in [0, 0.05) is 13.7 Å². The number of aliphatic hydroxyl groups is 1. The van der Waals surface area contributed by atoms with Crippen molar-refractivity contribution in [1.29, 1.82) is 0 Å². The quantitative estimate of drug-likeness (QED) is 0.717. The van der Waals surface area contributed by atoms with Crippen molar-refractivity contribution in [3.63, 3.8) is 0 Å². The van der Waals surface area contributed by atoms with Gasteiger partial charge in [0.2, 0.25) is 0 Å². The molecule has 0 aromatic rings. The molecule has 1 aliphatic rings. The molecule has 3 heteroatoms. The van der Waals surface area contributed by atoms with E-state index >= 15 is 0 Å². The predicted molar refractivity (Wildman–Crippen MR) is 57.3 cm³/mol. The van der Waals surface area contributed by atoms with Gasteiger partial charge in [-0.3, -0.25) is 0 Å². The highest BCUT2D eigenvalue weighted by Gasteiger charge is 2.33. The first-order valence-corrected chi connectivity index (χ1v) is 5.61. The molecule has 0 aliphatic carbocycles. The summed E-state index contributed by atoms with van der Waals surface area (Å²) >= 11 is 0. The van der Waals surface area contributed by atoms with Crippen molar-refractivity contribution in [1.82, 2.24) is 5.32 Å². The van der Waals surface area contributed by atoms with Gasteiger partial charge in [0.1, 0.15) is 0 Å². The van der Waals surface area contributed by atoms with E-state index in [0.717, 1.165) is 45.4 Å². The van der Waals surface area contributed by atoms with Crippen molar-refractivity contribution in [3.8, 4) is 0 Å². The van der Waals surface area contributed by atoms with Gasteiger partial charge in [-0.25, -0.2) is 0 Å². The summed E-state index contributed by atoms with van der Waals surface area (Å²) in [4.78, 5) is 0. The van der Waals surface area contributed by atoms with Crippen molar-refractivity contribution < 1.29 is 9.84 Å². The molecule has 0 saturated carbocycles. The minimum atomic E-state index is -0.470. The molecule has 1 heterocycles. The Morgan fingerprint density at radius 1 is 1.43 bits per heavy atom. The lowest BCUT2D eigenvalue weighted by atomic mass is 9.81. The largest absolute Gasteiger partial charge is 0.390 e. The van der Waals surface area contributed by atoms with E-state index in [0.29, 0.717) is 5.92 Å². The number of nitrogens with one attached hydrogen (secondary N) is 1. The molecule has 1 aliphatic heterocycles. The maximum absolute atomic E-state index is 10.5. The minimum absolute atomic E-state index is 0.336. The molecule has 0 aromatic heterocycles. The molecule has 2 unspecified atom stereocenters. The van der Waals surface area contributed by atoms with Crippen LogP contribution in [0.25, 0.3) is 0 Å². The van der Waals surface area contributed by atoms with Gasteiger partial charge in [-0.05, 0) is 44.7 Å². The van der Waals surface area contributed by atoms with E-state index < -0.39 is 5.60 Å². The van der Waals surface area contributed by atoms with E-state index in [-0.39, 0.29) is 0 Å². The summed E-state index contributed by atoms with van der Waals surface area (Å²) in [5.74, 6) is 0.336. The molecule has 1 fully saturated rings. The smallest absolute Gasteiger partial charge is 0.0686 e. The van der Waals surface area contributed by atoms with E-state index in [9.17, 15) is 5.11 Å². The van der Waals surface area contributed by atoms with Crippen molar-refractivity contribution in [2.75, 3.05) is 26.8 Å².